The lowest BCUT2D eigenvalue weighted by atomic mass is 10.1. The topological polar surface area (TPSA) is 46.3 Å². The van der Waals surface area contributed by atoms with E-state index in [0.29, 0.717) is 11.5 Å². The van der Waals surface area contributed by atoms with Crippen LogP contribution in [-0.4, -0.2) is 16.7 Å². The average Bonchev–Trinajstić information content (AvgIpc) is 2.70. The summed E-state index contributed by atoms with van der Waals surface area (Å²) in [5.41, 5.74) is -0.413. The summed E-state index contributed by atoms with van der Waals surface area (Å²) in [7, 11) is 0. The van der Waals surface area contributed by atoms with Crippen LogP contribution in [0.5, 0.6) is 0 Å². The molecule has 1 aromatic carbocycles. The highest BCUT2D eigenvalue weighted by Crippen LogP contribution is 2.37. The summed E-state index contributed by atoms with van der Waals surface area (Å²) in [6.07, 6.45) is -4.21. The third-order valence-corrected chi connectivity index (χ3v) is 2.70. The van der Waals surface area contributed by atoms with Crippen molar-refractivity contribution in [2.75, 3.05) is 6.61 Å². The van der Waals surface area contributed by atoms with Crippen LogP contribution in [0.2, 0.25) is 0 Å². The van der Waals surface area contributed by atoms with Crippen molar-refractivity contribution < 1.29 is 22.7 Å². The lowest BCUT2D eigenvalue weighted by molar-refractivity contribution is -0.137. The van der Waals surface area contributed by atoms with E-state index in [4.69, 9.17) is 9.52 Å². The Morgan fingerprint density at radius 3 is 2.58 bits per heavy atom. The van der Waals surface area contributed by atoms with Gasteiger partial charge in [0.05, 0.1) is 11.3 Å². The smallest absolute Gasteiger partial charge is 0.417 e. The van der Waals surface area contributed by atoms with Gasteiger partial charge < -0.3 is 9.52 Å². The Balaban J connectivity index is 2.50. The number of alkyl halides is 3. The standard InChI is InChI=1S/C13H12F3NO2/c1-8-11(6-7-18)17-12(19-8)9-4-2-3-5-10(9)13(14,15)16/h2-5,18H,6-7H2,1H3. The molecule has 0 fully saturated rings. The van der Waals surface area contributed by atoms with E-state index in [-0.39, 0.29) is 24.5 Å². The van der Waals surface area contributed by atoms with Crippen LogP contribution in [0, 0.1) is 6.92 Å². The summed E-state index contributed by atoms with van der Waals surface area (Å²) in [5, 5.41) is 8.85. The maximum Gasteiger partial charge on any atom is 0.417 e. The summed E-state index contributed by atoms with van der Waals surface area (Å²) in [6, 6.07) is 5.12. The number of rotatable bonds is 3. The van der Waals surface area contributed by atoms with Gasteiger partial charge in [-0.2, -0.15) is 13.2 Å². The maximum atomic E-state index is 12.9. The minimum Gasteiger partial charge on any atom is -0.441 e. The van der Waals surface area contributed by atoms with Gasteiger partial charge in [0.1, 0.15) is 5.76 Å². The Labute approximate surface area is 107 Å². The van der Waals surface area contributed by atoms with Crippen LogP contribution >= 0.6 is 0 Å². The van der Waals surface area contributed by atoms with E-state index < -0.39 is 11.7 Å². The predicted molar refractivity (Wildman–Crippen MR) is 62.5 cm³/mol. The van der Waals surface area contributed by atoms with Crippen molar-refractivity contribution >= 4 is 0 Å². The lowest BCUT2D eigenvalue weighted by Crippen LogP contribution is -2.07. The van der Waals surface area contributed by atoms with Crippen molar-refractivity contribution in [2.24, 2.45) is 0 Å². The van der Waals surface area contributed by atoms with Gasteiger partial charge in [-0.1, -0.05) is 12.1 Å². The fraction of sp³-hybridized carbons (Fsp3) is 0.308. The molecule has 2 aromatic rings. The largest absolute Gasteiger partial charge is 0.441 e. The van der Waals surface area contributed by atoms with E-state index in [0.717, 1.165) is 6.07 Å². The van der Waals surface area contributed by atoms with Gasteiger partial charge in [0.2, 0.25) is 5.89 Å². The molecule has 0 aliphatic carbocycles. The Morgan fingerprint density at radius 1 is 1.26 bits per heavy atom. The molecule has 3 nitrogen and oxygen atoms in total. The van der Waals surface area contributed by atoms with Gasteiger partial charge in [-0.05, 0) is 19.1 Å². The molecule has 0 atom stereocenters. The highest BCUT2D eigenvalue weighted by Gasteiger charge is 2.34. The monoisotopic (exact) mass is 271 g/mol. The van der Waals surface area contributed by atoms with Crippen LogP contribution in [0.25, 0.3) is 11.5 Å². The first-order chi connectivity index (χ1) is 8.93. The van der Waals surface area contributed by atoms with Gasteiger partial charge in [0.25, 0.3) is 0 Å². The highest BCUT2D eigenvalue weighted by molar-refractivity contribution is 5.60. The molecule has 2 rings (SSSR count). The molecule has 0 saturated heterocycles. The van der Waals surface area contributed by atoms with Crippen LogP contribution in [-0.2, 0) is 12.6 Å². The van der Waals surface area contributed by atoms with E-state index in [2.05, 4.69) is 4.98 Å². The van der Waals surface area contributed by atoms with Crippen LogP contribution in [0.4, 0.5) is 13.2 Å². The number of halogens is 3. The van der Waals surface area contributed by atoms with E-state index in [1.165, 1.54) is 18.2 Å². The molecule has 0 radical (unpaired) electrons. The fourth-order valence-corrected chi connectivity index (χ4v) is 1.80. The second-order valence-corrected chi connectivity index (χ2v) is 4.04. The lowest BCUT2D eigenvalue weighted by Gasteiger charge is -2.09. The van der Waals surface area contributed by atoms with Crippen LogP contribution < -0.4 is 0 Å². The van der Waals surface area contributed by atoms with Crippen molar-refractivity contribution in [3.05, 3.63) is 41.3 Å². The number of nitrogens with zero attached hydrogens (tertiary/aromatic N) is 1. The Kier molecular flexibility index (Phi) is 3.61. The summed E-state index contributed by atoms with van der Waals surface area (Å²) < 4.78 is 43.9. The minimum absolute atomic E-state index is 0.0751. The van der Waals surface area contributed by atoms with E-state index >= 15 is 0 Å². The molecule has 0 aliphatic heterocycles. The number of benzene rings is 1. The molecule has 19 heavy (non-hydrogen) atoms. The Hall–Kier alpha value is -1.82. The van der Waals surface area contributed by atoms with Gasteiger partial charge in [0, 0.05) is 18.6 Å². The number of aryl methyl sites for hydroxylation is 1. The molecule has 1 aromatic heterocycles. The molecule has 1 N–H and O–H groups in total. The number of aromatic nitrogens is 1. The van der Waals surface area contributed by atoms with Gasteiger partial charge in [-0.25, -0.2) is 4.98 Å². The van der Waals surface area contributed by atoms with E-state index in [9.17, 15) is 13.2 Å². The zero-order chi connectivity index (χ0) is 14.0. The number of aliphatic hydroxyl groups is 1. The Morgan fingerprint density at radius 2 is 1.95 bits per heavy atom. The van der Waals surface area contributed by atoms with E-state index in [1.807, 2.05) is 0 Å². The molecule has 6 heteroatoms. The fourth-order valence-electron chi connectivity index (χ4n) is 1.80. The number of hydrogen-bond acceptors (Lipinski definition) is 3. The van der Waals surface area contributed by atoms with Crippen molar-refractivity contribution in [1.29, 1.82) is 0 Å². The molecular weight excluding hydrogens is 259 g/mol. The molecule has 1 heterocycles. The zero-order valence-electron chi connectivity index (χ0n) is 10.2. The van der Waals surface area contributed by atoms with Crippen LogP contribution in [0.1, 0.15) is 17.0 Å². The summed E-state index contributed by atoms with van der Waals surface area (Å²) >= 11 is 0. The van der Waals surface area contributed by atoms with Crippen molar-refractivity contribution in [2.45, 2.75) is 19.5 Å². The SMILES string of the molecule is Cc1oc(-c2ccccc2C(F)(F)F)nc1CCO. The van der Waals surface area contributed by atoms with Crippen LogP contribution in [0.15, 0.2) is 28.7 Å². The molecule has 0 saturated carbocycles. The molecule has 0 spiro atoms. The van der Waals surface area contributed by atoms with Gasteiger partial charge >= 0.3 is 6.18 Å². The summed E-state index contributed by atoms with van der Waals surface area (Å²) in [6.45, 7) is 1.48. The summed E-state index contributed by atoms with van der Waals surface area (Å²) in [4.78, 5) is 4.02. The quantitative estimate of drug-likeness (QED) is 0.932. The second-order valence-electron chi connectivity index (χ2n) is 4.04. The third kappa shape index (κ3) is 2.78. The molecule has 102 valence electrons. The number of aliphatic hydroxyl groups excluding tert-OH is 1. The minimum atomic E-state index is -4.46. The summed E-state index contributed by atoms with van der Waals surface area (Å²) in [5.74, 6) is 0.343. The molecular formula is C13H12F3NO2. The molecule has 0 bridgehead atoms. The first-order valence-corrected chi connectivity index (χ1v) is 5.67. The Bertz CT molecular complexity index is 576. The molecule has 0 unspecified atom stereocenters. The van der Waals surface area contributed by atoms with Crippen molar-refractivity contribution in [1.82, 2.24) is 4.98 Å². The number of oxazole rings is 1. The van der Waals surface area contributed by atoms with E-state index in [1.54, 1.807) is 6.92 Å². The predicted octanol–water partition coefficient (Wildman–Crippen LogP) is 3.20. The normalized spacial score (nSPS) is 11.8. The van der Waals surface area contributed by atoms with Crippen molar-refractivity contribution in [3.8, 4) is 11.5 Å². The van der Waals surface area contributed by atoms with Gasteiger partial charge in [-0.3, -0.25) is 0 Å². The van der Waals surface area contributed by atoms with Gasteiger partial charge in [-0.15, -0.1) is 0 Å². The maximum absolute atomic E-state index is 12.9. The third-order valence-electron chi connectivity index (χ3n) is 2.70. The second kappa shape index (κ2) is 5.05. The first kappa shape index (κ1) is 13.6. The molecule has 0 amide bonds. The number of hydrogen-bond donors (Lipinski definition) is 1. The highest BCUT2D eigenvalue weighted by atomic mass is 19.4. The van der Waals surface area contributed by atoms with Crippen LogP contribution in [0.3, 0.4) is 0 Å². The first-order valence-electron chi connectivity index (χ1n) is 5.67. The van der Waals surface area contributed by atoms with Gasteiger partial charge in [0.15, 0.2) is 0 Å². The average molecular weight is 271 g/mol. The molecule has 0 aliphatic rings. The zero-order valence-corrected chi connectivity index (χ0v) is 10.2. The van der Waals surface area contributed by atoms with Crippen molar-refractivity contribution in [3.63, 3.8) is 0 Å².